The van der Waals surface area contributed by atoms with Crippen LogP contribution in [-0.4, -0.2) is 11.6 Å². The van der Waals surface area contributed by atoms with Crippen LogP contribution in [0.4, 0.5) is 4.39 Å². The minimum absolute atomic E-state index is 0.0114. The predicted molar refractivity (Wildman–Crippen MR) is 92.3 cm³/mol. The van der Waals surface area contributed by atoms with Crippen molar-refractivity contribution in [3.8, 4) is 0 Å². The zero-order chi connectivity index (χ0) is 17.1. The number of hydrogen-bond donors (Lipinski definition) is 0. The third-order valence-corrected chi connectivity index (χ3v) is 6.20. The van der Waals surface area contributed by atoms with Gasteiger partial charge in [0, 0.05) is 17.4 Å². The molecule has 0 heterocycles. The molecule has 130 valence electrons. The number of carbonyl (C=O) groups is 2. The van der Waals surface area contributed by atoms with Gasteiger partial charge in [-0.25, -0.2) is 4.39 Å². The quantitative estimate of drug-likeness (QED) is 0.710. The molecule has 2 saturated carbocycles. The van der Waals surface area contributed by atoms with Gasteiger partial charge in [0.05, 0.1) is 0 Å². The maximum atomic E-state index is 13.1. The molecule has 0 saturated heterocycles. The standard InChI is InChI=1S/C21H27FO2/c1-14(23)20-13-17(15-5-3-2-4-6-15)9-12-19(20)21(24)16-7-10-18(22)11-8-16/h7-8,10-11,15,17,19-20H,2-6,9,12-13H2,1H3/t17-,19?,20-/m0/s1. The molecule has 0 amide bonds. The lowest BCUT2D eigenvalue weighted by Gasteiger charge is -2.39. The molecule has 3 atom stereocenters. The Labute approximate surface area is 143 Å². The summed E-state index contributed by atoms with van der Waals surface area (Å²) >= 11 is 0. The third-order valence-electron chi connectivity index (χ3n) is 6.20. The number of halogens is 1. The normalized spacial score (nSPS) is 28.5. The van der Waals surface area contributed by atoms with Crippen molar-refractivity contribution in [3.05, 3.63) is 35.6 Å². The van der Waals surface area contributed by atoms with E-state index in [0.29, 0.717) is 11.5 Å². The largest absolute Gasteiger partial charge is 0.300 e. The summed E-state index contributed by atoms with van der Waals surface area (Å²) in [7, 11) is 0. The Balaban J connectivity index is 1.72. The van der Waals surface area contributed by atoms with E-state index in [1.807, 2.05) is 0 Å². The first-order chi connectivity index (χ1) is 11.6. The van der Waals surface area contributed by atoms with Crippen LogP contribution in [0, 0.1) is 29.5 Å². The van der Waals surface area contributed by atoms with Gasteiger partial charge in [-0.05, 0) is 62.3 Å². The molecule has 0 aliphatic heterocycles. The van der Waals surface area contributed by atoms with Gasteiger partial charge in [-0.3, -0.25) is 9.59 Å². The van der Waals surface area contributed by atoms with Crippen molar-refractivity contribution in [1.29, 1.82) is 0 Å². The van der Waals surface area contributed by atoms with Gasteiger partial charge in [0.15, 0.2) is 5.78 Å². The summed E-state index contributed by atoms with van der Waals surface area (Å²) in [5.41, 5.74) is 0.531. The first-order valence-electron chi connectivity index (χ1n) is 9.36. The van der Waals surface area contributed by atoms with Crippen LogP contribution in [0.25, 0.3) is 0 Å². The molecule has 2 fully saturated rings. The Kier molecular flexibility index (Phi) is 5.47. The number of hydrogen-bond acceptors (Lipinski definition) is 2. The van der Waals surface area contributed by atoms with E-state index in [4.69, 9.17) is 0 Å². The molecule has 3 heteroatoms. The van der Waals surface area contributed by atoms with Crippen LogP contribution >= 0.6 is 0 Å². The summed E-state index contributed by atoms with van der Waals surface area (Å²) in [6.07, 6.45) is 9.22. The minimum atomic E-state index is -0.337. The van der Waals surface area contributed by atoms with Gasteiger partial charge in [0.2, 0.25) is 0 Å². The van der Waals surface area contributed by atoms with Crippen LogP contribution in [0.3, 0.4) is 0 Å². The molecule has 3 rings (SSSR count). The van der Waals surface area contributed by atoms with Gasteiger partial charge in [0.1, 0.15) is 11.6 Å². The Morgan fingerprint density at radius 3 is 2.17 bits per heavy atom. The smallest absolute Gasteiger partial charge is 0.166 e. The molecule has 2 aliphatic carbocycles. The summed E-state index contributed by atoms with van der Waals surface area (Å²) in [5.74, 6) is 0.749. The van der Waals surface area contributed by atoms with Crippen LogP contribution in [0.5, 0.6) is 0 Å². The number of ketones is 2. The van der Waals surface area contributed by atoms with E-state index >= 15 is 0 Å². The third kappa shape index (κ3) is 3.76. The summed E-state index contributed by atoms with van der Waals surface area (Å²) in [5, 5.41) is 0. The molecule has 1 aromatic carbocycles. The second-order valence-corrected chi connectivity index (χ2v) is 7.67. The van der Waals surface area contributed by atoms with Gasteiger partial charge in [-0.15, -0.1) is 0 Å². The molecular weight excluding hydrogens is 303 g/mol. The molecule has 0 aromatic heterocycles. The van der Waals surface area contributed by atoms with E-state index in [0.717, 1.165) is 25.2 Å². The van der Waals surface area contributed by atoms with Crippen LogP contribution < -0.4 is 0 Å². The number of carbonyl (C=O) groups excluding carboxylic acids is 2. The molecule has 0 N–H and O–H groups in total. The Morgan fingerprint density at radius 1 is 0.875 bits per heavy atom. The first kappa shape index (κ1) is 17.3. The molecule has 2 nitrogen and oxygen atoms in total. The highest BCUT2D eigenvalue weighted by Gasteiger charge is 2.40. The van der Waals surface area contributed by atoms with Gasteiger partial charge >= 0.3 is 0 Å². The summed E-state index contributed by atoms with van der Waals surface area (Å²) in [4.78, 5) is 25.0. The lowest BCUT2D eigenvalue weighted by Crippen LogP contribution is -2.37. The monoisotopic (exact) mass is 330 g/mol. The molecule has 2 aliphatic rings. The van der Waals surface area contributed by atoms with Crippen molar-refractivity contribution >= 4 is 11.6 Å². The molecule has 0 radical (unpaired) electrons. The summed E-state index contributed by atoms with van der Waals surface area (Å²) in [6.45, 7) is 1.62. The van der Waals surface area contributed by atoms with Gasteiger partial charge in [-0.2, -0.15) is 0 Å². The Hall–Kier alpha value is -1.51. The van der Waals surface area contributed by atoms with Gasteiger partial charge < -0.3 is 0 Å². The van der Waals surface area contributed by atoms with Crippen LogP contribution in [0.15, 0.2) is 24.3 Å². The minimum Gasteiger partial charge on any atom is -0.300 e. The predicted octanol–water partition coefficient (Wildman–Crippen LogP) is 5.21. The zero-order valence-electron chi connectivity index (χ0n) is 14.5. The molecule has 0 bridgehead atoms. The second-order valence-electron chi connectivity index (χ2n) is 7.67. The van der Waals surface area contributed by atoms with Crippen LogP contribution in [0.1, 0.15) is 68.6 Å². The van der Waals surface area contributed by atoms with E-state index in [2.05, 4.69) is 0 Å². The van der Waals surface area contributed by atoms with E-state index in [-0.39, 0.29) is 29.2 Å². The van der Waals surface area contributed by atoms with Crippen molar-refractivity contribution in [2.24, 2.45) is 23.7 Å². The maximum Gasteiger partial charge on any atom is 0.166 e. The molecule has 1 unspecified atom stereocenters. The van der Waals surface area contributed by atoms with E-state index in [9.17, 15) is 14.0 Å². The Bertz CT molecular complexity index is 586. The van der Waals surface area contributed by atoms with Crippen molar-refractivity contribution in [1.82, 2.24) is 0 Å². The highest BCUT2D eigenvalue weighted by molar-refractivity contribution is 6.00. The van der Waals surface area contributed by atoms with Crippen molar-refractivity contribution < 1.29 is 14.0 Å². The van der Waals surface area contributed by atoms with Crippen molar-refractivity contribution in [2.75, 3.05) is 0 Å². The molecule has 1 aromatic rings. The fourth-order valence-electron chi connectivity index (χ4n) is 4.83. The van der Waals surface area contributed by atoms with Gasteiger partial charge in [0.25, 0.3) is 0 Å². The van der Waals surface area contributed by atoms with E-state index in [1.54, 1.807) is 19.1 Å². The lowest BCUT2D eigenvalue weighted by atomic mass is 9.64. The molecule has 24 heavy (non-hydrogen) atoms. The van der Waals surface area contributed by atoms with Crippen molar-refractivity contribution in [3.63, 3.8) is 0 Å². The highest BCUT2D eigenvalue weighted by atomic mass is 19.1. The Morgan fingerprint density at radius 2 is 1.54 bits per heavy atom. The topological polar surface area (TPSA) is 34.1 Å². The SMILES string of the molecule is CC(=O)[C@@H]1C[C@@H](C2CCCCC2)CCC1C(=O)c1ccc(F)cc1. The second kappa shape index (κ2) is 7.58. The maximum absolute atomic E-state index is 13.1. The van der Waals surface area contributed by atoms with Crippen LogP contribution in [-0.2, 0) is 4.79 Å². The average molecular weight is 330 g/mol. The fraction of sp³-hybridized carbons (Fsp3) is 0.619. The summed E-state index contributed by atoms with van der Waals surface area (Å²) < 4.78 is 13.1. The number of benzene rings is 1. The number of rotatable bonds is 4. The lowest BCUT2D eigenvalue weighted by molar-refractivity contribution is -0.123. The van der Waals surface area contributed by atoms with Crippen molar-refractivity contribution in [2.45, 2.75) is 58.3 Å². The number of Topliss-reactive ketones (excluding diaryl/α,β-unsaturated/α-hetero) is 2. The summed E-state index contributed by atoms with van der Waals surface area (Å²) in [6, 6.07) is 5.73. The first-order valence-corrected chi connectivity index (χ1v) is 9.36. The fourth-order valence-corrected chi connectivity index (χ4v) is 4.83. The van der Waals surface area contributed by atoms with Crippen LogP contribution in [0.2, 0.25) is 0 Å². The highest BCUT2D eigenvalue weighted by Crippen LogP contribution is 2.43. The zero-order valence-corrected chi connectivity index (χ0v) is 14.5. The van der Waals surface area contributed by atoms with E-state index in [1.165, 1.54) is 44.2 Å². The average Bonchev–Trinajstić information content (AvgIpc) is 2.62. The molecular formula is C21H27FO2. The van der Waals surface area contributed by atoms with E-state index < -0.39 is 0 Å². The molecule has 0 spiro atoms. The van der Waals surface area contributed by atoms with Gasteiger partial charge in [-0.1, -0.05) is 32.1 Å².